The first-order chi connectivity index (χ1) is 19.6. The number of carbonyl (C=O) groups is 1. The second-order valence-corrected chi connectivity index (χ2v) is 11.1. The molecule has 42 heavy (non-hydrogen) atoms. The van der Waals surface area contributed by atoms with Gasteiger partial charge in [-0.2, -0.15) is 18.3 Å². The number of allylic oxidation sites excluding steroid dienone is 1. The number of aliphatic carboxylic acids is 1. The third-order valence-corrected chi connectivity index (χ3v) is 7.12. The van der Waals surface area contributed by atoms with Crippen LogP contribution in [0.25, 0.3) is 11.3 Å². The van der Waals surface area contributed by atoms with Gasteiger partial charge in [0.25, 0.3) is 0 Å². The van der Waals surface area contributed by atoms with Crippen LogP contribution in [0.1, 0.15) is 50.1 Å². The van der Waals surface area contributed by atoms with E-state index in [-0.39, 0.29) is 10.8 Å². The zero-order chi connectivity index (χ0) is 30.9. The average molecular weight is 598 g/mol. The Balaban J connectivity index is 1.85. The third kappa shape index (κ3) is 6.62. The Morgan fingerprint density at radius 3 is 2.17 bits per heavy atom. The van der Waals surface area contributed by atoms with Gasteiger partial charge in [0.15, 0.2) is 5.60 Å². The molecule has 0 aliphatic rings. The number of benzene rings is 3. The van der Waals surface area contributed by atoms with Crippen molar-refractivity contribution in [2.24, 2.45) is 0 Å². The molecule has 0 bridgehead atoms. The van der Waals surface area contributed by atoms with Gasteiger partial charge in [0.2, 0.25) is 0 Å². The van der Waals surface area contributed by atoms with Crippen LogP contribution in [0.15, 0.2) is 91.1 Å². The van der Waals surface area contributed by atoms with Gasteiger partial charge in [0.1, 0.15) is 11.3 Å². The topological polar surface area (TPSA) is 76.4 Å². The number of nitrogens with one attached hydrogen (secondary N) is 1. The average Bonchev–Trinajstić information content (AvgIpc) is 3.34. The molecule has 0 aliphatic carbocycles. The fourth-order valence-corrected chi connectivity index (χ4v) is 4.81. The third-order valence-electron chi connectivity index (χ3n) is 6.83. The predicted molar refractivity (Wildman–Crippen MR) is 156 cm³/mol. The van der Waals surface area contributed by atoms with Crippen LogP contribution in [0.3, 0.4) is 0 Å². The summed E-state index contributed by atoms with van der Waals surface area (Å²) < 4.78 is 47.1. The van der Waals surface area contributed by atoms with E-state index in [0.717, 1.165) is 17.7 Å². The number of ether oxygens (including phenoxy) is 1. The molecule has 0 aliphatic heterocycles. The van der Waals surface area contributed by atoms with Crippen LogP contribution in [-0.4, -0.2) is 26.5 Å². The molecule has 1 atom stereocenters. The van der Waals surface area contributed by atoms with E-state index in [1.54, 1.807) is 29.8 Å². The molecule has 4 aromatic rings. The number of halogens is 4. The molecular weight excluding hydrogens is 567 g/mol. The second kappa shape index (κ2) is 11.6. The quantitative estimate of drug-likeness (QED) is 0.194. The number of hydrogen-bond acceptors (Lipinski definition) is 4. The van der Waals surface area contributed by atoms with Gasteiger partial charge in [-0.1, -0.05) is 66.7 Å². The summed E-state index contributed by atoms with van der Waals surface area (Å²) in [5.41, 5.74) is 0.791. The summed E-state index contributed by atoms with van der Waals surface area (Å²) in [7, 11) is 0. The molecule has 0 spiro atoms. The van der Waals surface area contributed by atoms with Crippen molar-refractivity contribution in [3.8, 4) is 17.0 Å². The fourth-order valence-electron chi connectivity index (χ4n) is 4.59. The van der Waals surface area contributed by atoms with Crippen molar-refractivity contribution in [2.75, 3.05) is 0 Å². The molecule has 0 saturated heterocycles. The SMILES string of the molecule is C=C(C)NC(C)(c1ccc(OC(C)(C)C(=O)O)c(Cl)c1)c1cc(-c2ccc(C(F)(F)F)cc2)nn1Cc1ccccc1. The van der Waals surface area contributed by atoms with E-state index in [4.69, 9.17) is 21.4 Å². The fraction of sp³-hybridized carbons (Fsp3) is 0.250. The summed E-state index contributed by atoms with van der Waals surface area (Å²) in [6, 6.07) is 21.4. The van der Waals surface area contributed by atoms with Crippen molar-refractivity contribution in [1.29, 1.82) is 0 Å². The monoisotopic (exact) mass is 597 g/mol. The smallest absolute Gasteiger partial charge is 0.416 e. The molecule has 0 fully saturated rings. The van der Waals surface area contributed by atoms with Gasteiger partial charge < -0.3 is 15.2 Å². The lowest BCUT2D eigenvalue weighted by Gasteiger charge is -2.34. The highest BCUT2D eigenvalue weighted by Crippen LogP contribution is 2.38. The number of aromatic nitrogens is 2. The van der Waals surface area contributed by atoms with Crippen LogP contribution in [0.5, 0.6) is 5.75 Å². The van der Waals surface area contributed by atoms with E-state index in [2.05, 4.69) is 11.9 Å². The van der Waals surface area contributed by atoms with Gasteiger partial charge in [-0.15, -0.1) is 0 Å². The normalized spacial score (nSPS) is 13.3. The molecule has 10 heteroatoms. The maximum absolute atomic E-state index is 13.2. The van der Waals surface area contributed by atoms with E-state index >= 15 is 0 Å². The number of alkyl halides is 3. The number of hydrogen-bond donors (Lipinski definition) is 2. The summed E-state index contributed by atoms with van der Waals surface area (Å²) in [6.45, 7) is 11.0. The minimum absolute atomic E-state index is 0.202. The van der Waals surface area contributed by atoms with Gasteiger partial charge in [0.05, 0.1) is 28.5 Å². The Morgan fingerprint density at radius 1 is 1.00 bits per heavy atom. The van der Waals surface area contributed by atoms with Crippen LogP contribution in [0, 0.1) is 0 Å². The van der Waals surface area contributed by atoms with Crippen molar-refractivity contribution in [2.45, 2.75) is 51.6 Å². The van der Waals surface area contributed by atoms with Crippen LogP contribution in [0.4, 0.5) is 13.2 Å². The van der Waals surface area contributed by atoms with Crippen LogP contribution in [-0.2, 0) is 23.1 Å². The van der Waals surface area contributed by atoms with Crippen LogP contribution in [0.2, 0.25) is 5.02 Å². The van der Waals surface area contributed by atoms with Crippen molar-refractivity contribution in [3.63, 3.8) is 0 Å². The molecule has 1 heterocycles. The molecule has 2 N–H and O–H groups in total. The van der Waals surface area contributed by atoms with E-state index in [1.807, 2.05) is 43.3 Å². The number of rotatable bonds is 10. The summed E-state index contributed by atoms with van der Waals surface area (Å²) in [5, 5.41) is 17.9. The minimum atomic E-state index is -4.45. The van der Waals surface area contributed by atoms with Crippen molar-refractivity contribution in [1.82, 2.24) is 15.1 Å². The minimum Gasteiger partial charge on any atom is -0.478 e. The maximum Gasteiger partial charge on any atom is 0.416 e. The Hall–Kier alpha value is -4.24. The van der Waals surface area contributed by atoms with Crippen LogP contribution >= 0.6 is 11.6 Å². The van der Waals surface area contributed by atoms with E-state index in [9.17, 15) is 23.1 Å². The second-order valence-electron chi connectivity index (χ2n) is 10.7. The Morgan fingerprint density at radius 2 is 1.62 bits per heavy atom. The highest BCUT2D eigenvalue weighted by molar-refractivity contribution is 6.32. The number of nitrogens with zero attached hydrogens (tertiary/aromatic N) is 2. The Bertz CT molecular complexity index is 1600. The maximum atomic E-state index is 13.2. The first-order valence-corrected chi connectivity index (χ1v) is 13.4. The zero-order valence-corrected chi connectivity index (χ0v) is 24.3. The standard InChI is InChI=1S/C32H31ClF3N3O3/c1-20(2)37-31(5,24-15-16-27(25(33)17-24)42-30(3,4)29(40)41)28-18-26(22-11-13-23(14-12-22)32(34,35)36)38-39(28)19-21-9-7-6-8-10-21/h6-18,37H,1,19H2,2-5H3,(H,40,41). The van der Waals surface area contributed by atoms with Gasteiger partial charge in [-0.05, 0) is 69.2 Å². The molecule has 6 nitrogen and oxygen atoms in total. The highest BCUT2D eigenvalue weighted by Gasteiger charge is 2.36. The van der Waals surface area contributed by atoms with E-state index in [1.165, 1.54) is 26.0 Å². The first kappa shape index (κ1) is 30.7. The molecule has 4 rings (SSSR count). The zero-order valence-electron chi connectivity index (χ0n) is 23.6. The number of carboxylic acid groups (broad SMARTS) is 1. The lowest BCUT2D eigenvalue weighted by Crippen LogP contribution is -2.41. The van der Waals surface area contributed by atoms with Crippen molar-refractivity contribution >= 4 is 17.6 Å². The first-order valence-electron chi connectivity index (χ1n) is 13.1. The molecule has 220 valence electrons. The summed E-state index contributed by atoms with van der Waals surface area (Å²) in [5.74, 6) is -0.939. The molecule has 0 saturated carbocycles. The molecule has 3 aromatic carbocycles. The van der Waals surface area contributed by atoms with Crippen LogP contribution < -0.4 is 10.1 Å². The predicted octanol–water partition coefficient (Wildman–Crippen LogP) is 7.90. The summed E-state index contributed by atoms with van der Waals surface area (Å²) >= 11 is 6.61. The molecule has 0 radical (unpaired) electrons. The van der Waals surface area contributed by atoms with E-state index < -0.39 is 28.8 Å². The van der Waals surface area contributed by atoms with Gasteiger partial charge in [0, 0.05) is 11.3 Å². The Labute approximate surface area is 247 Å². The summed E-state index contributed by atoms with van der Waals surface area (Å²) in [6.07, 6.45) is -4.45. The van der Waals surface area contributed by atoms with Gasteiger partial charge in [-0.25, -0.2) is 4.79 Å². The van der Waals surface area contributed by atoms with Gasteiger partial charge >= 0.3 is 12.1 Å². The lowest BCUT2D eigenvalue weighted by atomic mass is 9.87. The van der Waals surface area contributed by atoms with Crippen molar-refractivity contribution in [3.05, 3.63) is 119 Å². The van der Waals surface area contributed by atoms with Crippen molar-refractivity contribution < 1.29 is 27.8 Å². The largest absolute Gasteiger partial charge is 0.478 e. The molecule has 1 unspecified atom stereocenters. The number of carboxylic acids is 1. The van der Waals surface area contributed by atoms with Gasteiger partial charge in [-0.3, -0.25) is 4.68 Å². The Kier molecular flexibility index (Phi) is 8.46. The molecule has 0 amide bonds. The lowest BCUT2D eigenvalue weighted by molar-refractivity contribution is -0.152. The molecular formula is C32H31ClF3N3O3. The summed E-state index contributed by atoms with van der Waals surface area (Å²) in [4.78, 5) is 11.6. The van der Waals surface area contributed by atoms with E-state index in [0.29, 0.717) is 34.8 Å². The molecule has 1 aromatic heterocycles. The highest BCUT2D eigenvalue weighted by atomic mass is 35.5.